The van der Waals surface area contributed by atoms with Crippen LogP contribution in [0.4, 0.5) is 5.69 Å². The van der Waals surface area contributed by atoms with Crippen LogP contribution in [0.1, 0.15) is 60.2 Å². The largest absolute Gasteiger partial charge is 0.490 e. The number of piperidine rings is 1. The summed E-state index contributed by atoms with van der Waals surface area (Å²) in [5.74, 6) is 0.536. The van der Waals surface area contributed by atoms with Crippen molar-refractivity contribution < 1.29 is 19.1 Å². The predicted octanol–water partition coefficient (Wildman–Crippen LogP) is 3.66. The van der Waals surface area contributed by atoms with Crippen LogP contribution in [0.2, 0.25) is 0 Å². The molecule has 0 spiro atoms. The number of hydrogen-bond acceptors (Lipinski definition) is 5. The van der Waals surface area contributed by atoms with Crippen LogP contribution < -0.4 is 9.64 Å². The summed E-state index contributed by atoms with van der Waals surface area (Å²) in [4.78, 5) is 46.2. The van der Waals surface area contributed by atoms with Gasteiger partial charge >= 0.3 is 0 Å². The maximum atomic E-state index is 13.1. The fraction of sp³-hybridized carbons (Fsp3) is 0.500. The number of piperazine rings is 1. The number of nitrogens with zero attached hydrogens (tertiary/aromatic N) is 4. The predicted molar refractivity (Wildman–Crippen MR) is 147 cm³/mol. The Morgan fingerprint density at radius 3 is 1.89 bits per heavy atom. The minimum absolute atomic E-state index is 0.0122. The van der Waals surface area contributed by atoms with Crippen LogP contribution in [-0.4, -0.2) is 90.4 Å². The van der Waals surface area contributed by atoms with E-state index in [1.54, 1.807) is 34.1 Å². The van der Waals surface area contributed by atoms with E-state index in [0.717, 1.165) is 63.3 Å². The molecule has 3 amide bonds. The smallest absolute Gasteiger partial charge is 0.254 e. The van der Waals surface area contributed by atoms with Gasteiger partial charge in [0.15, 0.2) is 0 Å². The fourth-order valence-corrected chi connectivity index (χ4v) is 5.57. The van der Waals surface area contributed by atoms with E-state index in [9.17, 15) is 14.4 Å². The summed E-state index contributed by atoms with van der Waals surface area (Å²) in [5.41, 5.74) is 1.90. The summed E-state index contributed by atoms with van der Waals surface area (Å²) in [6, 6.07) is 15.1. The molecule has 5 rings (SSSR count). The molecule has 3 heterocycles. The number of amides is 3. The Bertz CT molecular complexity index is 1130. The van der Waals surface area contributed by atoms with Crippen molar-refractivity contribution in [2.24, 2.45) is 0 Å². The molecule has 2 aromatic carbocycles. The zero-order chi connectivity index (χ0) is 26.6. The number of benzene rings is 2. The first-order valence-electron chi connectivity index (χ1n) is 13.9. The van der Waals surface area contributed by atoms with Crippen molar-refractivity contribution in [2.45, 2.75) is 51.7 Å². The molecule has 3 saturated heterocycles. The van der Waals surface area contributed by atoms with Gasteiger partial charge in [-0.05, 0) is 88.1 Å². The topological polar surface area (TPSA) is 73.4 Å². The van der Waals surface area contributed by atoms with Crippen molar-refractivity contribution in [1.29, 1.82) is 0 Å². The first-order valence-corrected chi connectivity index (χ1v) is 13.9. The van der Waals surface area contributed by atoms with E-state index in [4.69, 9.17) is 4.74 Å². The third kappa shape index (κ3) is 5.85. The Balaban J connectivity index is 1.13. The van der Waals surface area contributed by atoms with Crippen LogP contribution in [0.5, 0.6) is 5.75 Å². The quantitative estimate of drug-likeness (QED) is 0.584. The lowest BCUT2D eigenvalue weighted by Gasteiger charge is -2.35. The number of likely N-dealkylation sites (tertiary alicyclic amines) is 2. The van der Waals surface area contributed by atoms with Crippen LogP contribution in [0.15, 0.2) is 48.5 Å². The van der Waals surface area contributed by atoms with Gasteiger partial charge in [-0.25, -0.2) is 0 Å². The Kier molecular flexibility index (Phi) is 7.98. The van der Waals surface area contributed by atoms with Crippen molar-refractivity contribution in [3.05, 3.63) is 59.7 Å². The summed E-state index contributed by atoms with van der Waals surface area (Å²) >= 11 is 0. The van der Waals surface area contributed by atoms with Gasteiger partial charge in [0.05, 0.1) is 0 Å². The highest BCUT2D eigenvalue weighted by molar-refractivity contribution is 6.02. The molecule has 0 radical (unpaired) electrons. The highest BCUT2D eigenvalue weighted by Crippen LogP contribution is 2.25. The maximum absolute atomic E-state index is 13.1. The number of anilines is 1. The highest BCUT2D eigenvalue weighted by Gasteiger charge is 2.29. The second kappa shape index (κ2) is 11.6. The molecule has 0 N–H and O–H groups in total. The first-order chi connectivity index (χ1) is 18.4. The molecule has 3 fully saturated rings. The molecule has 0 unspecified atom stereocenters. The molecule has 2 aromatic rings. The molecule has 38 heavy (non-hydrogen) atoms. The van der Waals surface area contributed by atoms with E-state index in [0.29, 0.717) is 30.3 Å². The molecule has 0 saturated carbocycles. The Morgan fingerprint density at radius 2 is 1.34 bits per heavy atom. The molecule has 0 aromatic heterocycles. The van der Waals surface area contributed by atoms with Gasteiger partial charge in [-0.2, -0.15) is 0 Å². The van der Waals surface area contributed by atoms with E-state index in [1.165, 1.54) is 0 Å². The van der Waals surface area contributed by atoms with Crippen molar-refractivity contribution >= 4 is 23.4 Å². The number of ether oxygens (including phenoxy) is 1. The molecule has 8 heteroatoms. The molecule has 0 atom stereocenters. The zero-order valence-corrected chi connectivity index (χ0v) is 22.5. The fourth-order valence-electron chi connectivity index (χ4n) is 5.57. The van der Waals surface area contributed by atoms with Gasteiger partial charge in [-0.3, -0.25) is 14.4 Å². The lowest BCUT2D eigenvalue weighted by Crippen LogP contribution is -2.52. The average Bonchev–Trinajstić information content (AvgIpc) is 3.48. The zero-order valence-electron chi connectivity index (χ0n) is 22.5. The Hall–Kier alpha value is -3.39. The van der Waals surface area contributed by atoms with Crippen LogP contribution in [0.3, 0.4) is 0 Å². The first kappa shape index (κ1) is 26.2. The summed E-state index contributed by atoms with van der Waals surface area (Å²) in [7, 11) is 0. The number of hydrogen-bond donors (Lipinski definition) is 0. The van der Waals surface area contributed by atoms with E-state index in [1.807, 2.05) is 29.2 Å². The van der Waals surface area contributed by atoms with Gasteiger partial charge in [-0.15, -0.1) is 0 Å². The van der Waals surface area contributed by atoms with Gasteiger partial charge in [0.1, 0.15) is 18.4 Å². The number of carbonyl (C=O) groups is 3. The monoisotopic (exact) mass is 518 g/mol. The van der Waals surface area contributed by atoms with Crippen LogP contribution >= 0.6 is 0 Å². The molecule has 3 aliphatic heterocycles. The minimum atomic E-state index is -0.189. The van der Waals surface area contributed by atoms with Gasteiger partial charge in [-0.1, -0.05) is 0 Å². The second-order valence-corrected chi connectivity index (χ2v) is 10.8. The molecule has 8 nitrogen and oxygen atoms in total. The van der Waals surface area contributed by atoms with Gasteiger partial charge < -0.3 is 24.3 Å². The van der Waals surface area contributed by atoms with E-state index in [2.05, 4.69) is 18.7 Å². The third-order valence-electron chi connectivity index (χ3n) is 7.94. The van der Waals surface area contributed by atoms with Crippen LogP contribution in [-0.2, 0) is 4.79 Å². The molecular weight excluding hydrogens is 480 g/mol. The summed E-state index contributed by atoms with van der Waals surface area (Å²) < 4.78 is 6.20. The molecule has 0 aliphatic carbocycles. The summed E-state index contributed by atoms with van der Waals surface area (Å²) in [6.45, 7) is 9.06. The lowest BCUT2D eigenvalue weighted by molar-refractivity contribution is -0.120. The average molecular weight is 519 g/mol. The highest BCUT2D eigenvalue weighted by atomic mass is 16.5. The van der Waals surface area contributed by atoms with Crippen molar-refractivity contribution in [2.75, 3.05) is 50.7 Å². The summed E-state index contributed by atoms with van der Waals surface area (Å²) in [5, 5.41) is 0. The molecule has 3 aliphatic rings. The maximum Gasteiger partial charge on any atom is 0.254 e. The summed E-state index contributed by atoms with van der Waals surface area (Å²) in [6.07, 6.45) is 4.34. The van der Waals surface area contributed by atoms with Crippen LogP contribution in [0, 0.1) is 0 Å². The number of rotatable bonds is 6. The Labute approximate surface area is 225 Å². The van der Waals surface area contributed by atoms with Gasteiger partial charge in [0, 0.05) is 62.1 Å². The van der Waals surface area contributed by atoms with Gasteiger partial charge in [0.25, 0.3) is 11.8 Å². The second-order valence-electron chi connectivity index (χ2n) is 10.8. The standard InChI is InChI=1S/C30H38N4O4/c1-22(2)31-17-13-27(14-18-31)38-26-11-9-25(10-12-26)34-20-19-33(21-28(34)35)30(37)24-7-5-23(6-8-24)29(36)32-15-3-4-16-32/h5-12,22,27H,3-4,13-21H2,1-2H3. The third-order valence-corrected chi connectivity index (χ3v) is 7.94. The number of carbonyl (C=O) groups excluding carboxylic acids is 3. The lowest BCUT2D eigenvalue weighted by atomic mass is 10.1. The Morgan fingerprint density at radius 1 is 0.763 bits per heavy atom. The van der Waals surface area contributed by atoms with Crippen molar-refractivity contribution in [3.8, 4) is 5.75 Å². The molecule has 0 bridgehead atoms. The van der Waals surface area contributed by atoms with E-state index in [-0.39, 0.29) is 30.4 Å². The van der Waals surface area contributed by atoms with Crippen LogP contribution in [0.25, 0.3) is 0 Å². The van der Waals surface area contributed by atoms with E-state index >= 15 is 0 Å². The van der Waals surface area contributed by atoms with E-state index < -0.39 is 0 Å². The normalized spacial score (nSPS) is 19.3. The van der Waals surface area contributed by atoms with Crippen molar-refractivity contribution in [1.82, 2.24) is 14.7 Å². The van der Waals surface area contributed by atoms with Crippen molar-refractivity contribution in [3.63, 3.8) is 0 Å². The van der Waals surface area contributed by atoms with Gasteiger partial charge in [0.2, 0.25) is 5.91 Å². The minimum Gasteiger partial charge on any atom is -0.490 e. The SMILES string of the molecule is CC(C)N1CCC(Oc2ccc(N3CCN(C(=O)c4ccc(C(=O)N5CCCC5)cc4)CC3=O)cc2)CC1. The molecular formula is C30H38N4O4. The molecule has 202 valence electrons.